The van der Waals surface area contributed by atoms with E-state index < -0.39 is 4.92 Å². The lowest BCUT2D eigenvalue weighted by Gasteiger charge is -1.92. The molecule has 0 fully saturated rings. The maximum absolute atomic E-state index is 10.5. The predicted molar refractivity (Wildman–Crippen MR) is 69.9 cm³/mol. The molecule has 1 aromatic carbocycles. The molecule has 86 valence electrons. The van der Waals surface area contributed by atoms with Crippen molar-refractivity contribution < 1.29 is 4.92 Å². The first-order valence-corrected chi connectivity index (χ1v) is 5.85. The van der Waals surface area contributed by atoms with Crippen LogP contribution in [0.1, 0.15) is 5.56 Å². The number of benzene rings is 1. The molecule has 7 heteroatoms. The lowest BCUT2D eigenvalue weighted by Crippen LogP contribution is -1.88. The van der Waals surface area contributed by atoms with E-state index in [-0.39, 0.29) is 5.69 Å². The minimum absolute atomic E-state index is 0.0689. The molecule has 0 spiro atoms. The molecule has 2 aromatic rings. The number of non-ortho nitro benzene ring substituents is 1. The SMILES string of the molecule is O=[N+]([O-])c1ccc(/C=N\c2c[nH]c(=S)s2)cc1. The summed E-state index contributed by atoms with van der Waals surface area (Å²) in [5, 5.41) is 11.2. The molecule has 0 aliphatic heterocycles. The molecule has 0 radical (unpaired) electrons. The van der Waals surface area contributed by atoms with Gasteiger partial charge in [0, 0.05) is 24.5 Å². The van der Waals surface area contributed by atoms with Crippen LogP contribution in [0, 0.1) is 14.1 Å². The van der Waals surface area contributed by atoms with Gasteiger partial charge in [-0.1, -0.05) is 11.3 Å². The molecule has 1 aromatic heterocycles. The third-order valence-electron chi connectivity index (χ3n) is 1.96. The van der Waals surface area contributed by atoms with Crippen LogP contribution in [-0.2, 0) is 0 Å². The van der Waals surface area contributed by atoms with E-state index in [2.05, 4.69) is 9.98 Å². The number of hydrogen-bond acceptors (Lipinski definition) is 5. The minimum Gasteiger partial charge on any atom is -0.342 e. The molecule has 0 bridgehead atoms. The highest BCUT2D eigenvalue weighted by Crippen LogP contribution is 2.19. The lowest BCUT2D eigenvalue weighted by molar-refractivity contribution is -0.384. The summed E-state index contributed by atoms with van der Waals surface area (Å²) >= 11 is 6.29. The molecule has 0 aliphatic carbocycles. The first kappa shape index (κ1) is 11.6. The van der Waals surface area contributed by atoms with Crippen molar-refractivity contribution in [2.75, 3.05) is 0 Å². The summed E-state index contributed by atoms with van der Waals surface area (Å²) in [5.41, 5.74) is 0.870. The molecule has 0 saturated heterocycles. The third kappa shape index (κ3) is 3.05. The zero-order valence-electron chi connectivity index (χ0n) is 8.49. The van der Waals surface area contributed by atoms with Gasteiger partial charge in [-0.2, -0.15) is 0 Å². The van der Waals surface area contributed by atoms with E-state index in [4.69, 9.17) is 12.2 Å². The number of nitrogens with zero attached hydrogens (tertiary/aromatic N) is 2. The Morgan fingerprint density at radius 3 is 2.65 bits per heavy atom. The number of aliphatic imine (C=N–C) groups is 1. The van der Waals surface area contributed by atoms with Gasteiger partial charge in [0.15, 0.2) is 3.95 Å². The summed E-state index contributed by atoms with van der Waals surface area (Å²) in [6, 6.07) is 6.18. The van der Waals surface area contributed by atoms with Gasteiger partial charge >= 0.3 is 0 Å². The number of rotatable bonds is 3. The Morgan fingerprint density at radius 2 is 2.12 bits per heavy atom. The monoisotopic (exact) mass is 265 g/mol. The van der Waals surface area contributed by atoms with Crippen LogP contribution in [0.25, 0.3) is 0 Å². The number of aromatic amines is 1. The second-order valence-electron chi connectivity index (χ2n) is 3.12. The first-order chi connectivity index (χ1) is 8.15. The molecule has 0 aliphatic rings. The van der Waals surface area contributed by atoms with Gasteiger partial charge in [0.1, 0.15) is 5.00 Å². The number of aromatic nitrogens is 1. The highest BCUT2D eigenvalue weighted by molar-refractivity contribution is 7.73. The van der Waals surface area contributed by atoms with Gasteiger partial charge in [0.05, 0.1) is 4.92 Å². The van der Waals surface area contributed by atoms with E-state index in [9.17, 15) is 10.1 Å². The van der Waals surface area contributed by atoms with Gasteiger partial charge in [-0.15, -0.1) is 0 Å². The van der Waals surface area contributed by atoms with Crippen molar-refractivity contribution >= 4 is 40.5 Å². The van der Waals surface area contributed by atoms with E-state index in [1.165, 1.54) is 23.5 Å². The average molecular weight is 265 g/mol. The smallest absolute Gasteiger partial charge is 0.269 e. The Kier molecular flexibility index (Phi) is 3.40. The highest BCUT2D eigenvalue weighted by Gasteiger charge is 2.02. The van der Waals surface area contributed by atoms with Gasteiger partial charge in [0.2, 0.25) is 0 Å². The van der Waals surface area contributed by atoms with E-state index in [0.717, 1.165) is 10.6 Å². The maximum atomic E-state index is 10.5. The molecule has 0 saturated carbocycles. The van der Waals surface area contributed by atoms with Crippen LogP contribution in [0.5, 0.6) is 0 Å². The molecule has 2 rings (SSSR count). The van der Waals surface area contributed by atoms with Crippen molar-refractivity contribution in [2.24, 2.45) is 4.99 Å². The Hall–Kier alpha value is -1.86. The first-order valence-electron chi connectivity index (χ1n) is 4.62. The van der Waals surface area contributed by atoms with Gasteiger partial charge < -0.3 is 4.98 Å². The summed E-state index contributed by atoms with van der Waals surface area (Å²) in [4.78, 5) is 17.1. The highest BCUT2D eigenvalue weighted by atomic mass is 32.1. The van der Waals surface area contributed by atoms with Gasteiger partial charge in [0.25, 0.3) is 5.69 Å². The molecular weight excluding hydrogens is 258 g/mol. The molecule has 0 atom stereocenters. The average Bonchev–Trinajstić information content (AvgIpc) is 2.73. The molecule has 17 heavy (non-hydrogen) atoms. The molecule has 1 heterocycles. The van der Waals surface area contributed by atoms with Crippen molar-refractivity contribution in [3.63, 3.8) is 0 Å². The fraction of sp³-hybridized carbons (Fsp3) is 0. The standard InChI is InChI=1S/C10H7N3O2S2/c14-13(15)8-3-1-7(2-4-8)5-11-9-6-12-10(16)17-9/h1-6H,(H,12,16)/b11-5-. The normalized spacial score (nSPS) is 10.8. The summed E-state index contributed by atoms with van der Waals surface area (Å²) in [6.45, 7) is 0. The second kappa shape index (κ2) is 4.98. The van der Waals surface area contributed by atoms with Crippen LogP contribution in [0.15, 0.2) is 35.5 Å². The zero-order chi connectivity index (χ0) is 12.3. The van der Waals surface area contributed by atoms with Crippen LogP contribution in [-0.4, -0.2) is 16.1 Å². The lowest BCUT2D eigenvalue weighted by atomic mass is 10.2. The van der Waals surface area contributed by atoms with E-state index in [0.29, 0.717) is 3.95 Å². The summed E-state index contributed by atoms with van der Waals surface area (Å²) in [7, 11) is 0. The Balaban J connectivity index is 2.16. The van der Waals surface area contributed by atoms with E-state index in [1.54, 1.807) is 24.5 Å². The topological polar surface area (TPSA) is 71.3 Å². The van der Waals surface area contributed by atoms with E-state index >= 15 is 0 Å². The summed E-state index contributed by atoms with van der Waals surface area (Å²) in [5.74, 6) is 0. The Bertz CT molecular complexity index is 613. The fourth-order valence-electron chi connectivity index (χ4n) is 1.16. The van der Waals surface area contributed by atoms with Gasteiger partial charge in [-0.05, 0) is 29.9 Å². The molecular formula is C10H7N3O2S2. The second-order valence-corrected chi connectivity index (χ2v) is 4.82. The van der Waals surface area contributed by atoms with Crippen molar-refractivity contribution in [3.8, 4) is 0 Å². The van der Waals surface area contributed by atoms with Crippen LogP contribution in [0.3, 0.4) is 0 Å². The number of thiazole rings is 1. The Labute approximate surface area is 106 Å². The van der Waals surface area contributed by atoms with Gasteiger partial charge in [-0.25, -0.2) is 4.99 Å². The van der Waals surface area contributed by atoms with Crippen LogP contribution in [0.4, 0.5) is 10.7 Å². The van der Waals surface area contributed by atoms with Crippen LogP contribution in [0.2, 0.25) is 0 Å². The fourth-order valence-corrected chi connectivity index (χ4v) is 2.00. The summed E-state index contributed by atoms with van der Waals surface area (Å²) in [6.07, 6.45) is 3.35. The van der Waals surface area contributed by atoms with Gasteiger partial charge in [-0.3, -0.25) is 10.1 Å². The Morgan fingerprint density at radius 1 is 1.41 bits per heavy atom. The van der Waals surface area contributed by atoms with Crippen LogP contribution < -0.4 is 0 Å². The predicted octanol–water partition coefficient (Wildman–Crippen LogP) is 3.46. The van der Waals surface area contributed by atoms with Crippen molar-refractivity contribution in [2.45, 2.75) is 0 Å². The quantitative estimate of drug-likeness (QED) is 0.400. The maximum Gasteiger partial charge on any atom is 0.269 e. The molecule has 0 amide bonds. The molecule has 5 nitrogen and oxygen atoms in total. The number of nitrogens with one attached hydrogen (secondary N) is 1. The molecule has 0 unspecified atom stereocenters. The van der Waals surface area contributed by atoms with Crippen molar-refractivity contribution in [1.82, 2.24) is 4.98 Å². The number of hydrogen-bond donors (Lipinski definition) is 1. The number of nitro groups is 1. The van der Waals surface area contributed by atoms with Crippen molar-refractivity contribution in [1.29, 1.82) is 0 Å². The number of H-pyrrole nitrogens is 1. The molecule has 1 N–H and O–H groups in total. The minimum atomic E-state index is -0.432. The van der Waals surface area contributed by atoms with Crippen LogP contribution >= 0.6 is 23.6 Å². The largest absolute Gasteiger partial charge is 0.342 e. The zero-order valence-corrected chi connectivity index (χ0v) is 10.1. The summed E-state index contributed by atoms with van der Waals surface area (Å²) < 4.78 is 0.667. The van der Waals surface area contributed by atoms with Crippen molar-refractivity contribution in [3.05, 3.63) is 50.1 Å². The third-order valence-corrected chi connectivity index (χ3v) is 3.06. The van der Waals surface area contributed by atoms with E-state index in [1.807, 2.05) is 0 Å². The number of nitro benzene ring substituents is 1.